The van der Waals surface area contributed by atoms with E-state index in [0.717, 1.165) is 0 Å². The molecule has 0 saturated carbocycles. The van der Waals surface area contributed by atoms with Crippen molar-refractivity contribution in [2.75, 3.05) is 20.8 Å². The van der Waals surface area contributed by atoms with Crippen LogP contribution in [0.5, 0.6) is 17.2 Å². The van der Waals surface area contributed by atoms with Gasteiger partial charge in [0.2, 0.25) is 5.75 Å². The molecular formula is C19H26O12. The Morgan fingerprint density at radius 3 is 2.06 bits per heavy atom. The molecule has 2 rings (SSSR count). The zero-order valence-electron chi connectivity index (χ0n) is 17.3. The van der Waals surface area contributed by atoms with Crippen LogP contribution >= 0.6 is 0 Å². The van der Waals surface area contributed by atoms with Crippen LogP contribution in [0.1, 0.15) is 24.2 Å². The third kappa shape index (κ3) is 5.35. The fraction of sp³-hybridized carbons (Fsp3) is 0.579. The molecule has 1 fully saturated rings. The van der Waals surface area contributed by atoms with Gasteiger partial charge in [-0.2, -0.15) is 0 Å². The number of hydrogen-bond acceptors (Lipinski definition) is 11. The first-order valence-corrected chi connectivity index (χ1v) is 9.16. The normalized spacial score (nSPS) is 26.2. The summed E-state index contributed by atoms with van der Waals surface area (Å²) in [5, 5.41) is 49.3. The Labute approximate surface area is 177 Å². The molecule has 174 valence electrons. The summed E-state index contributed by atoms with van der Waals surface area (Å²) in [6.45, 7) is 1.86. The summed E-state index contributed by atoms with van der Waals surface area (Å²) in [7, 11) is 2.56. The van der Waals surface area contributed by atoms with E-state index >= 15 is 0 Å². The van der Waals surface area contributed by atoms with Crippen LogP contribution in [0, 0.1) is 0 Å². The monoisotopic (exact) mass is 446 g/mol. The number of esters is 1. The van der Waals surface area contributed by atoms with Crippen LogP contribution in [0.15, 0.2) is 12.1 Å². The maximum Gasteiger partial charge on any atom is 0.338 e. The number of rotatable bonds is 8. The van der Waals surface area contributed by atoms with E-state index in [1.54, 1.807) is 0 Å². The fourth-order valence-electron chi connectivity index (χ4n) is 2.74. The molecule has 5 N–H and O–H groups in total. The predicted molar refractivity (Wildman–Crippen MR) is 101 cm³/mol. The number of hydrogen-bond donors (Lipinski definition) is 5. The number of benzene rings is 1. The number of carbonyl (C=O) groups excluding carboxylic acids is 1. The Kier molecular flexibility index (Phi) is 7.68. The van der Waals surface area contributed by atoms with E-state index in [-0.39, 0.29) is 22.8 Å². The number of carbonyl (C=O) groups is 2. The first kappa shape index (κ1) is 24.6. The average Bonchev–Trinajstić information content (AvgIpc) is 2.72. The second-order valence-corrected chi connectivity index (χ2v) is 7.28. The highest BCUT2D eigenvalue weighted by Gasteiger charge is 2.47. The summed E-state index contributed by atoms with van der Waals surface area (Å²) in [5.74, 6) is -2.63. The molecule has 12 heteroatoms. The van der Waals surface area contributed by atoms with Crippen molar-refractivity contribution in [3.63, 3.8) is 0 Å². The molecule has 5 atom stereocenters. The molecule has 0 aromatic heterocycles. The van der Waals surface area contributed by atoms with Crippen LogP contribution in [0.2, 0.25) is 0 Å². The van der Waals surface area contributed by atoms with E-state index < -0.39 is 54.9 Å². The second kappa shape index (κ2) is 9.66. The van der Waals surface area contributed by atoms with Gasteiger partial charge in [-0.15, -0.1) is 0 Å². The quantitative estimate of drug-likeness (QED) is 0.316. The maximum atomic E-state index is 12.4. The van der Waals surface area contributed by atoms with Gasteiger partial charge in [0, 0.05) is 0 Å². The van der Waals surface area contributed by atoms with Crippen LogP contribution in [0.3, 0.4) is 0 Å². The van der Waals surface area contributed by atoms with Gasteiger partial charge in [0.15, 0.2) is 23.4 Å². The summed E-state index contributed by atoms with van der Waals surface area (Å²) in [6.07, 6.45) is -8.09. The molecule has 1 heterocycles. The number of aliphatic hydroxyl groups is 3. The van der Waals surface area contributed by atoms with Crippen molar-refractivity contribution in [1.29, 1.82) is 0 Å². The van der Waals surface area contributed by atoms with Gasteiger partial charge in [-0.05, 0) is 26.0 Å². The van der Waals surface area contributed by atoms with Gasteiger partial charge in [0.25, 0.3) is 0 Å². The number of aliphatic hydroxyl groups excluding tert-OH is 3. The molecule has 0 radical (unpaired) electrons. The smallest absolute Gasteiger partial charge is 0.338 e. The van der Waals surface area contributed by atoms with E-state index in [9.17, 15) is 30.0 Å². The van der Waals surface area contributed by atoms with E-state index in [4.69, 9.17) is 28.8 Å². The zero-order chi connectivity index (χ0) is 23.5. The van der Waals surface area contributed by atoms with Gasteiger partial charge in [-0.3, -0.25) is 0 Å². The molecule has 1 aromatic rings. The van der Waals surface area contributed by atoms with Crippen LogP contribution in [-0.4, -0.2) is 94.6 Å². The number of ether oxygens (including phenoxy) is 5. The summed E-state index contributed by atoms with van der Waals surface area (Å²) in [4.78, 5) is 23.7. The molecule has 5 unspecified atom stereocenters. The van der Waals surface area contributed by atoms with E-state index in [1.807, 2.05) is 0 Å². The molecule has 31 heavy (non-hydrogen) atoms. The summed E-state index contributed by atoms with van der Waals surface area (Å²) < 4.78 is 25.6. The lowest BCUT2D eigenvalue weighted by atomic mass is 9.99. The van der Waals surface area contributed by atoms with Crippen LogP contribution in [0.4, 0.5) is 0 Å². The summed E-state index contributed by atoms with van der Waals surface area (Å²) in [6, 6.07) is 2.41. The lowest BCUT2D eigenvalue weighted by Crippen LogP contribution is -2.61. The minimum atomic E-state index is -1.77. The number of phenolic OH excluding ortho intramolecular Hbond substituents is 1. The van der Waals surface area contributed by atoms with Crippen molar-refractivity contribution in [2.24, 2.45) is 0 Å². The fourth-order valence-corrected chi connectivity index (χ4v) is 2.74. The minimum Gasteiger partial charge on any atom is -0.502 e. The summed E-state index contributed by atoms with van der Waals surface area (Å²) >= 11 is 0. The second-order valence-electron chi connectivity index (χ2n) is 7.28. The summed E-state index contributed by atoms with van der Waals surface area (Å²) in [5.41, 5.74) is -1.81. The standard InChI is InChI=1S/C19H26O12/c1-19(2,18(25)26)31-17-15(23)14(22)13(21)11(30-17)7-29-16(24)8-5-9(27-3)12(20)10(6-8)28-4/h5-6,11,13-15,17,20-23H,7H2,1-4H3,(H,25,26). The Morgan fingerprint density at radius 2 is 1.58 bits per heavy atom. The first-order chi connectivity index (χ1) is 14.4. The third-order valence-corrected chi connectivity index (χ3v) is 4.69. The lowest BCUT2D eigenvalue weighted by Gasteiger charge is -2.41. The SMILES string of the molecule is COc1cc(C(=O)OCC2OC(OC(C)(C)C(=O)O)C(O)C(O)C2O)cc(OC)c1O. The molecule has 1 aromatic carbocycles. The van der Waals surface area contributed by atoms with Crippen molar-refractivity contribution in [1.82, 2.24) is 0 Å². The highest BCUT2D eigenvalue weighted by Crippen LogP contribution is 2.37. The molecule has 0 spiro atoms. The van der Waals surface area contributed by atoms with Crippen molar-refractivity contribution >= 4 is 11.9 Å². The lowest BCUT2D eigenvalue weighted by molar-refractivity contribution is -0.320. The van der Waals surface area contributed by atoms with Gasteiger partial charge in [-0.25, -0.2) is 9.59 Å². The van der Waals surface area contributed by atoms with E-state index in [0.29, 0.717) is 0 Å². The predicted octanol–water partition coefficient (Wildman–Crippen LogP) is -0.746. The number of carboxylic acids is 1. The number of aromatic hydroxyl groups is 1. The molecule has 1 aliphatic rings. The van der Waals surface area contributed by atoms with E-state index in [2.05, 4.69) is 0 Å². The largest absolute Gasteiger partial charge is 0.502 e. The Hall–Kier alpha value is -2.64. The first-order valence-electron chi connectivity index (χ1n) is 9.16. The van der Waals surface area contributed by atoms with Crippen molar-refractivity contribution in [2.45, 2.75) is 50.2 Å². The number of methoxy groups -OCH3 is 2. The number of phenols is 1. The Balaban J connectivity index is 2.12. The Morgan fingerprint density at radius 1 is 1.03 bits per heavy atom. The molecule has 1 saturated heterocycles. The average molecular weight is 446 g/mol. The van der Waals surface area contributed by atoms with Crippen molar-refractivity contribution < 1.29 is 58.8 Å². The molecule has 1 aliphatic heterocycles. The number of carboxylic acid groups (broad SMARTS) is 1. The minimum absolute atomic E-state index is 0.0387. The van der Waals surface area contributed by atoms with Crippen LogP contribution < -0.4 is 9.47 Å². The van der Waals surface area contributed by atoms with Gasteiger partial charge >= 0.3 is 11.9 Å². The van der Waals surface area contributed by atoms with Crippen LogP contribution in [-0.2, 0) is 19.0 Å². The molecule has 0 bridgehead atoms. The topological polar surface area (TPSA) is 181 Å². The molecular weight excluding hydrogens is 420 g/mol. The van der Waals surface area contributed by atoms with E-state index in [1.165, 1.54) is 40.2 Å². The number of aliphatic carboxylic acids is 1. The van der Waals surface area contributed by atoms with Gasteiger partial charge in [0.1, 0.15) is 31.0 Å². The molecule has 0 aliphatic carbocycles. The van der Waals surface area contributed by atoms with Crippen molar-refractivity contribution in [3.05, 3.63) is 17.7 Å². The highest BCUT2D eigenvalue weighted by atomic mass is 16.7. The van der Waals surface area contributed by atoms with Gasteiger partial charge < -0.3 is 49.2 Å². The van der Waals surface area contributed by atoms with Gasteiger partial charge in [0.05, 0.1) is 19.8 Å². The molecule has 12 nitrogen and oxygen atoms in total. The Bertz CT molecular complexity index is 782. The maximum absolute atomic E-state index is 12.4. The van der Waals surface area contributed by atoms with Crippen molar-refractivity contribution in [3.8, 4) is 17.2 Å². The third-order valence-electron chi connectivity index (χ3n) is 4.69. The zero-order valence-corrected chi connectivity index (χ0v) is 17.3. The highest BCUT2D eigenvalue weighted by molar-refractivity contribution is 5.91. The van der Waals surface area contributed by atoms with Gasteiger partial charge in [-0.1, -0.05) is 0 Å². The molecule has 0 amide bonds. The van der Waals surface area contributed by atoms with Crippen LogP contribution in [0.25, 0.3) is 0 Å².